The summed E-state index contributed by atoms with van der Waals surface area (Å²) in [6.07, 6.45) is 6.66. The predicted octanol–water partition coefficient (Wildman–Crippen LogP) is 8.01. The van der Waals surface area contributed by atoms with Gasteiger partial charge in [-0.05, 0) is 44.7 Å². The van der Waals surface area contributed by atoms with Crippen molar-refractivity contribution in [2.45, 2.75) is 81.6 Å². The van der Waals surface area contributed by atoms with Crippen LogP contribution in [0.25, 0.3) is 0 Å². The Morgan fingerprint density at radius 2 is 1.64 bits per heavy atom. The number of nitrogens with one attached hydrogen (secondary N) is 1. The minimum atomic E-state index is -0.0457. The summed E-state index contributed by atoms with van der Waals surface area (Å²) in [4.78, 5) is 0. The number of rotatable bonds is 4. The molecule has 0 unspecified atom stereocenters. The molecule has 0 heterocycles. The van der Waals surface area contributed by atoms with Gasteiger partial charge in [0.1, 0.15) is 11.7 Å². The molecule has 1 aromatic rings. The highest BCUT2D eigenvalue weighted by Gasteiger charge is 2.08. The molecule has 0 aliphatic heterocycles. The third-order valence-corrected chi connectivity index (χ3v) is 3.22. The maximum atomic E-state index is 13.4. The lowest BCUT2D eigenvalue weighted by Gasteiger charge is -2.10. The number of hydrogen-bond donors (Lipinski definition) is 2. The zero-order valence-electron chi connectivity index (χ0n) is 19.8. The van der Waals surface area contributed by atoms with Gasteiger partial charge in [-0.25, -0.2) is 4.39 Å². The molecule has 0 aliphatic rings. The zero-order valence-corrected chi connectivity index (χ0v) is 19.8. The minimum absolute atomic E-state index is 0.0457. The van der Waals surface area contributed by atoms with Crippen molar-refractivity contribution in [2.24, 2.45) is 5.73 Å². The summed E-state index contributed by atoms with van der Waals surface area (Å²) in [7, 11) is 0. The van der Waals surface area contributed by atoms with E-state index >= 15 is 0 Å². The summed E-state index contributed by atoms with van der Waals surface area (Å²) < 4.78 is 13.4. The Hall–Kier alpha value is -2.16. The van der Waals surface area contributed by atoms with Crippen molar-refractivity contribution >= 4 is 5.84 Å². The number of hydrogen-bond acceptors (Lipinski definition) is 1. The van der Waals surface area contributed by atoms with Crippen LogP contribution >= 0.6 is 0 Å². The van der Waals surface area contributed by atoms with Crippen LogP contribution in [0, 0.1) is 25.1 Å². The average molecular weight is 391 g/mol. The molecule has 0 radical (unpaired) electrons. The molecule has 0 aliphatic carbocycles. The second-order valence-corrected chi connectivity index (χ2v) is 6.68. The van der Waals surface area contributed by atoms with Gasteiger partial charge in [0.15, 0.2) is 0 Å². The summed E-state index contributed by atoms with van der Waals surface area (Å²) in [6.45, 7) is 23.5. The van der Waals surface area contributed by atoms with E-state index in [1.165, 1.54) is 6.42 Å². The van der Waals surface area contributed by atoms with E-state index in [0.717, 1.165) is 27.8 Å². The standard InChI is InChI=1S/C11H15F.C9H14N2.C3H8.C2H6/c1-7(2)10-6-8(3)5-9(4)11(10)12;1-4-8(9(10)11)6-5-7(2)3;1-3-2;1-2/h5-7H,1-4H3;4-6H,2H2,1,3H3,(H3,10,11);3H2,1-2H3;1-2H3/b;6-5-,8-4+;;. The van der Waals surface area contributed by atoms with E-state index in [1.807, 2.05) is 73.6 Å². The van der Waals surface area contributed by atoms with Gasteiger partial charge < -0.3 is 5.73 Å². The second kappa shape index (κ2) is 18.2. The smallest absolute Gasteiger partial charge is 0.129 e. The first-order chi connectivity index (χ1) is 13.0. The summed E-state index contributed by atoms with van der Waals surface area (Å²) in [5.41, 5.74) is 9.66. The van der Waals surface area contributed by atoms with Gasteiger partial charge in [0.05, 0.1) is 0 Å². The molecule has 0 amide bonds. The Morgan fingerprint density at radius 1 is 1.18 bits per heavy atom. The Kier molecular flexibility index (Phi) is 19.9. The van der Waals surface area contributed by atoms with Gasteiger partial charge >= 0.3 is 0 Å². The molecule has 160 valence electrons. The SMILES string of the molecule is C=C(C)/C=C\C(=C/C)C(=N)N.CC.CCC.Cc1cc(C)c(F)c(C(C)C)c1. The van der Waals surface area contributed by atoms with Gasteiger partial charge in [-0.3, -0.25) is 5.41 Å². The van der Waals surface area contributed by atoms with Crippen LogP contribution in [-0.2, 0) is 0 Å². The number of benzene rings is 1. The maximum Gasteiger partial charge on any atom is 0.129 e. The highest BCUT2D eigenvalue weighted by Crippen LogP contribution is 2.22. The van der Waals surface area contributed by atoms with Crippen LogP contribution in [0.2, 0.25) is 0 Å². The van der Waals surface area contributed by atoms with E-state index in [1.54, 1.807) is 12.2 Å². The van der Waals surface area contributed by atoms with Gasteiger partial charge in [0, 0.05) is 5.57 Å². The lowest BCUT2D eigenvalue weighted by atomic mass is 9.98. The largest absolute Gasteiger partial charge is 0.384 e. The fraction of sp³-hybridized carbons (Fsp3) is 0.480. The third-order valence-electron chi connectivity index (χ3n) is 3.22. The average Bonchev–Trinajstić information content (AvgIpc) is 2.61. The van der Waals surface area contributed by atoms with E-state index in [2.05, 4.69) is 20.4 Å². The Morgan fingerprint density at radius 3 is 1.96 bits per heavy atom. The summed E-state index contributed by atoms with van der Waals surface area (Å²) in [5, 5.41) is 7.12. The second-order valence-electron chi connectivity index (χ2n) is 6.68. The summed E-state index contributed by atoms with van der Waals surface area (Å²) in [6, 6.07) is 3.80. The number of nitrogens with two attached hydrogens (primary N) is 1. The van der Waals surface area contributed by atoms with Crippen LogP contribution < -0.4 is 5.73 Å². The molecule has 1 rings (SSSR count). The molecule has 2 nitrogen and oxygen atoms in total. The monoisotopic (exact) mass is 390 g/mol. The van der Waals surface area contributed by atoms with Crippen LogP contribution in [0.3, 0.4) is 0 Å². The van der Waals surface area contributed by atoms with Crippen molar-refractivity contribution in [2.75, 3.05) is 0 Å². The van der Waals surface area contributed by atoms with E-state index in [0.29, 0.717) is 0 Å². The van der Waals surface area contributed by atoms with Gasteiger partial charge in [-0.2, -0.15) is 0 Å². The molecule has 1 aromatic carbocycles. The van der Waals surface area contributed by atoms with Crippen molar-refractivity contribution < 1.29 is 4.39 Å². The van der Waals surface area contributed by atoms with Gasteiger partial charge in [-0.15, -0.1) is 0 Å². The van der Waals surface area contributed by atoms with Crippen LogP contribution in [0.15, 0.2) is 48.1 Å². The van der Waals surface area contributed by atoms with E-state index in [4.69, 9.17) is 11.1 Å². The Labute approximate surface area is 174 Å². The lowest BCUT2D eigenvalue weighted by molar-refractivity contribution is 0.589. The van der Waals surface area contributed by atoms with E-state index < -0.39 is 0 Å². The molecule has 0 bridgehead atoms. The molecule has 28 heavy (non-hydrogen) atoms. The minimum Gasteiger partial charge on any atom is -0.384 e. The molecule has 0 saturated carbocycles. The predicted molar refractivity (Wildman–Crippen MR) is 127 cm³/mol. The molecule has 0 spiro atoms. The molecular formula is C25H43FN2. The molecule has 0 atom stereocenters. The number of amidine groups is 1. The van der Waals surface area contributed by atoms with E-state index in [-0.39, 0.29) is 17.6 Å². The Balaban J connectivity index is -0.000000364. The van der Waals surface area contributed by atoms with Gasteiger partial charge in [-0.1, -0.05) is 96.0 Å². The molecule has 0 saturated heterocycles. The fourth-order valence-electron chi connectivity index (χ4n) is 1.98. The molecule has 0 fully saturated rings. The maximum absolute atomic E-state index is 13.4. The summed E-state index contributed by atoms with van der Waals surface area (Å²) >= 11 is 0. The highest BCUT2D eigenvalue weighted by atomic mass is 19.1. The highest BCUT2D eigenvalue weighted by molar-refractivity contribution is 5.97. The Bertz CT molecular complexity index is 638. The number of aryl methyl sites for hydroxylation is 2. The lowest BCUT2D eigenvalue weighted by Crippen LogP contribution is -2.10. The van der Waals surface area contributed by atoms with Crippen LogP contribution in [0.1, 0.15) is 84.4 Å². The van der Waals surface area contributed by atoms with Crippen LogP contribution in [-0.4, -0.2) is 5.84 Å². The molecule has 3 heteroatoms. The van der Waals surface area contributed by atoms with Crippen LogP contribution in [0.4, 0.5) is 4.39 Å². The zero-order chi connectivity index (χ0) is 22.9. The fourth-order valence-corrected chi connectivity index (χ4v) is 1.98. The van der Waals surface area contributed by atoms with E-state index in [9.17, 15) is 4.39 Å². The topological polar surface area (TPSA) is 49.9 Å². The van der Waals surface area contributed by atoms with Crippen molar-refractivity contribution in [3.05, 3.63) is 70.6 Å². The molecule has 3 N–H and O–H groups in total. The quantitative estimate of drug-likeness (QED) is 0.305. The first kappa shape index (κ1) is 30.6. The van der Waals surface area contributed by atoms with Crippen molar-refractivity contribution in [1.29, 1.82) is 5.41 Å². The van der Waals surface area contributed by atoms with Crippen molar-refractivity contribution in [3.63, 3.8) is 0 Å². The first-order valence-electron chi connectivity index (χ1n) is 10.1. The van der Waals surface area contributed by atoms with Gasteiger partial charge in [0.2, 0.25) is 0 Å². The van der Waals surface area contributed by atoms with Crippen molar-refractivity contribution in [3.8, 4) is 0 Å². The van der Waals surface area contributed by atoms with Crippen LogP contribution in [0.5, 0.6) is 0 Å². The molecule has 0 aromatic heterocycles. The number of halogens is 1. The van der Waals surface area contributed by atoms with Crippen molar-refractivity contribution in [1.82, 2.24) is 0 Å². The molecular weight excluding hydrogens is 347 g/mol. The number of allylic oxidation sites excluding steroid dienone is 3. The normalized spacial score (nSPS) is 10.2. The third kappa shape index (κ3) is 15.0. The summed E-state index contributed by atoms with van der Waals surface area (Å²) in [5.74, 6) is 0.309. The first-order valence-corrected chi connectivity index (χ1v) is 10.1. The van der Waals surface area contributed by atoms with Gasteiger partial charge in [0.25, 0.3) is 0 Å².